The molecule has 7 nitrogen and oxygen atoms in total. The van der Waals surface area contributed by atoms with Crippen LogP contribution in [0.1, 0.15) is 45.4 Å². The van der Waals surface area contributed by atoms with Crippen molar-refractivity contribution in [1.82, 2.24) is 9.38 Å². The van der Waals surface area contributed by atoms with Crippen LogP contribution in [0.4, 0.5) is 14.5 Å². The molecule has 1 aliphatic carbocycles. The molecule has 0 aromatic carbocycles. The summed E-state index contributed by atoms with van der Waals surface area (Å²) in [6.07, 6.45) is 2.44. The van der Waals surface area contributed by atoms with Crippen LogP contribution in [0.5, 0.6) is 0 Å². The van der Waals surface area contributed by atoms with Crippen LogP contribution in [-0.4, -0.2) is 55.7 Å². The molecule has 1 atom stereocenters. The number of aromatic nitrogens is 2. The third-order valence-corrected chi connectivity index (χ3v) is 7.16. The predicted octanol–water partition coefficient (Wildman–Crippen LogP) is 4.67. The van der Waals surface area contributed by atoms with Crippen LogP contribution in [0.2, 0.25) is 5.15 Å². The van der Waals surface area contributed by atoms with Gasteiger partial charge in [0.05, 0.1) is 11.8 Å². The summed E-state index contributed by atoms with van der Waals surface area (Å²) in [5, 5.41) is 24.1. The Morgan fingerprint density at radius 2 is 1.94 bits per heavy atom. The number of hydrogen-bond acceptors (Lipinski definition) is 8. The molecule has 2 fully saturated rings. The van der Waals surface area contributed by atoms with E-state index < -0.39 is 11.5 Å². The van der Waals surface area contributed by atoms with E-state index in [4.69, 9.17) is 28.2 Å². The van der Waals surface area contributed by atoms with Gasteiger partial charge in [0.1, 0.15) is 15.6 Å². The fourth-order valence-corrected chi connectivity index (χ4v) is 4.61. The standard InChI is InChI=1S/C17H20ClF2N5OS2.C4H9N/c1-8(26)9-2-4-24(5-3-9)11-6-10(27)7-25-12(11)13(18)23-17(25)16(22)28-15(21)14(19)20;1-4(5)2-3-4/h6-9,14,21-22,26-27H,2-5H2,1H3;2-3,5H2,1H3. The molecule has 0 amide bonds. The van der Waals surface area contributed by atoms with Gasteiger partial charge in [-0.1, -0.05) is 11.6 Å². The average Bonchev–Trinajstić information content (AvgIpc) is 3.34. The fourth-order valence-electron chi connectivity index (χ4n) is 3.56. The lowest BCUT2D eigenvalue weighted by Crippen LogP contribution is -2.37. The monoisotopic (exact) mass is 518 g/mol. The van der Waals surface area contributed by atoms with E-state index in [1.54, 1.807) is 17.5 Å². The van der Waals surface area contributed by atoms with Crippen molar-refractivity contribution in [2.75, 3.05) is 18.0 Å². The molecule has 0 spiro atoms. The lowest BCUT2D eigenvalue weighted by molar-refractivity contribution is 0.110. The van der Waals surface area contributed by atoms with Crippen molar-refractivity contribution < 1.29 is 13.9 Å². The number of hydrogen-bond donors (Lipinski definition) is 5. The summed E-state index contributed by atoms with van der Waals surface area (Å²) in [4.78, 5) is 6.92. The van der Waals surface area contributed by atoms with Crippen molar-refractivity contribution in [3.05, 3.63) is 23.2 Å². The van der Waals surface area contributed by atoms with Crippen molar-refractivity contribution >= 4 is 57.3 Å². The van der Waals surface area contributed by atoms with E-state index in [0.29, 0.717) is 22.2 Å². The van der Waals surface area contributed by atoms with Gasteiger partial charge in [-0.05, 0) is 63.3 Å². The second-order valence-electron chi connectivity index (χ2n) is 8.84. The maximum Gasteiger partial charge on any atom is 0.285 e. The number of aliphatic hydroxyl groups excluding tert-OH is 1. The minimum Gasteiger partial charge on any atom is -0.393 e. The molecule has 5 N–H and O–H groups in total. The number of imidazole rings is 1. The van der Waals surface area contributed by atoms with Crippen LogP contribution in [0, 0.1) is 16.7 Å². The maximum atomic E-state index is 12.7. The molecule has 0 bridgehead atoms. The van der Waals surface area contributed by atoms with Gasteiger partial charge in [0.2, 0.25) is 0 Å². The molecule has 2 aliphatic rings. The Labute approximate surface area is 206 Å². The van der Waals surface area contributed by atoms with E-state index >= 15 is 0 Å². The number of nitrogens with two attached hydrogens (primary N) is 1. The van der Waals surface area contributed by atoms with Gasteiger partial charge in [-0.2, -0.15) is 0 Å². The first-order valence-electron chi connectivity index (χ1n) is 10.7. The highest BCUT2D eigenvalue weighted by Gasteiger charge is 2.31. The van der Waals surface area contributed by atoms with Gasteiger partial charge in [-0.25, -0.2) is 13.8 Å². The van der Waals surface area contributed by atoms with Gasteiger partial charge >= 0.3 is 0 Å². The topological polar surface area (TPSA) is 114 Å². The molecule has 33 heavy (non-hydrogen) atoms. The molecule has 3 heterocycles. The zero-order valence-corrected chi connectivity index (χ0v) is 21.0. The third kappa shape index (κ3) is 6.60. The highest BCUT2D eigenvalue weighted by atomic mass is 35.5. The lowest BCUT2D eigenvalue weighted by Gasteiger charge is -2.35. The van der Waals surface area contributed by atoms with Gasteiger partial charge in [-0.15, -0.1) is 12.6 Å². The van der Waals surface area contributed by atoms with Crippen LogP contribution in [0.3, 0.4) is 0 Å². The molecule has 4 rings (SSSR count). The third-order valence-electron chi connectivity index (χ3n) is 5.87. The number of thioether (sulfide) groups is 1. The Kier molecular flexibility index (Phi) is 8.32. The van der Waals surface area contributed by atoms with Gasteiger partial charge in [0.25, 0.3) is 6.43 Å². The SMILES string of the molecule is CC(O)C1CCN(c2cc(S)cn3c(C(=N)SC(=N)C(F)F)nc(Cl)c23)CC1.CC1(N)CC1. The molecule has 1 aliphatic heterocycles. The number of nitrogens with one attached hydrogen (secondary N) is 2. The van der Waals surface area contributed by atoms with E-state index in [0.717, 1.165) is 31.6 Å². The normalized spacial score (nSPS) is 18.8. The summed E-state index contributed by atoms with van der Waals surface area (Å²) in [6.45, 7) is 5.32. The van der Waals surface area contributed by atoms with E-state index in [-0.39, 0.29) is 33.6 Å². The van der Waals surface area contributed by atoms with E-state index in [1.807, 2.05) is 6.07 Å². The predicted molar refractivity (Wildman–Crippen MR) is 134 cm³/mol. The number of halogens is 3. The molecular formula is C21H29ClF2N6OS2. The molecule has 1 saturated carbocycles. The zero-order valence-electron chi connectivity index (χ0n) is 18.5. The van der Waals surface area contributed by atoms with Crippen LogP contribution < -0.4 is 10.6 Å². The number of piperidine rings is 1. The molecule has 2 aromatic rings. The van der Waals surface area contributed by atoms with Crippen LogP contribution in [0.25, 0.3) is 5.52 Å². The molecule has 1 saturated heterocycles. The second kappa shape index (κ2) is 10.5. The average molecular weight is 519 g/mol. The van der Waals surface area contributed by atoms with Crippen LogP contribution in [-0.2, 0) is 0 Å². The summed E-state index contributed by atoms with van der Waals surface area (Å²) in [5.74, 6) is 0.332. The number of alkyl halides is 2. The first kappa shape index (κ1) is 26.2. The van der Waals surface area contributed by atoms with E-state index in [9.17, 15) is 13.9 Å². The Hall–Kier alpha value is -1.40. The Morgan fingerprint density at radius 1 is 1.36 bits per heavy atom. The molecule has 182 valence electrons. The Bertz CT molecular complexity index is 1030. The summed E-state index contributed by atoms with van der Waals surface area (Å²) in [5.41, 5.74) is 7.08. The largest absolute Gasteiger partial charge is 0.393 e. The highest BCUT2D eigenvalue weighted by Crippen LogP contribution is 2.35. The summed E-state index contributed by atoms with van der Waals surface area (Å²) in [7, 11) is 0. The van der Waals surface area contributed by atoms with E-state index in [1.165, 1.54) is 12.8 Å². The lowest BCUT2D eigenvalue weighted by atomic mass is 9.92. The molecule has 2 aromatic heterocycles. The molecule has 1 unspecified atom stereocenters. The van der Waals surface area contributed by atoms with Crippen LogP contribution >= 0.6 is 36.0 Å². The summed E-state index contributed by atoms with van der Waals surface area (Å²) in [6, 6.07) is 1.86. The quantitative estimate of drug-likeness (QED) is 0.229. The molecule has 12 heteroatoms. The minimum atomic E-state index is -2.95. The number of rotatable bonds is 4. The van der Waals surface area contributed by atoms with Crippen LogP contribution in [0.15, 0.2) is 17.2 Å². The molecule has 0 radical (unpaired) electrons. The molecular weight excluding hydrogens is 490 g/mol. The first-order valence-corrected chi connectivity index (χ1v) is 12.3. The van der Waals surface area contributed by atoms with Crippen molar-refractivity contribution in [2.24, 2.45) is 11.7 Å². The zero-order chi connectivity index (χ0) is 24.5. The van der Waals surface area contributed by atoms with Crippen molar-refractivity contribution in [3.63, 3.8) is 0 Å². The van der Waals surface area contributed by atoms with Crippen molar-refractivity contribution in [3.8, 4) is 0 Å². The van der Waals surface area contributed by atoms with Crippen molar-refractivity contribution in [1.29, 1.82) is 10.8 Å². The maximum absolute atomic E-state index is 12.7. The summed E-state index contributed by atoms with van der Waals surface area (Å²) < 4.78 is 26.9. The Balaban J connectivity index is 0.000000541. The van der Waals surface area contributed by atoms with Gasteiger partial charge in [0, 0.05) is 29.7 Å². The number of nitrogens with zero attached hydrogens (tertiary/aromatic N) is 3. The van der Waals surface area contributed by atoms with Gasteiger partial charge in [-0.3, -0.25) is 15.2 Å². The van der Waals surface area contributed by atoms with Gasteiger partial charge < -0.3 is 15.7 Å². The highest BCUT2D eigenvalue weighted by molar-refractivity contribution is 8.26. The second-order valence-corrected chi connectivity index (χ2v) is 10.8. The number of aliphatic hydroxyl groups is 1. The number of fused-ring (bicyclic) bond motifs is 1. The number of thiol groups is 1. The Morgan fingerprint density at radius 3 is 2.42 bits per heavy atom. The number of anilines is 1. The minimum absolute atomic E-state index is 0.0893. The van der Waals surface area contributed by atoms with E-state index in [2.05, 4.69) is 29.4 Å². The van der Waals surface area contributed by atoms with Gasteiger partial charge in [0.15, 0.2) is 11.0 Å². The first-order chi connectivity index (χ1) is 15.4. The van der Waals surface area contributed by atoms with Crippen molar-refractivity contribution in [2.45, 2.75) is 62.5 Å². The fraction of sp³-hybridized carbons (Fsp3) is 0.571. The summed E-state index contributed by atoms with van der Waals surface area (Å²) >= 11 is 11.1. The number of pyridine rings is 1. The smallest absolute Gasteiger partial charge is 0.285 e.